The van der Waals surface area contributed by atoms with Crippen molar-refractivity contribution in [1.82, 2.24) is 16.2 Å². The molecule has 0 saturated carbocycles. The number of nitrogens with one attached hydrogen (secondary N) is 3. The van der Waals surface area contributed by atoms with Crippen LogP contribution in [0, 0.1) is 10.5 Å². The molecular weight excluding hydrogens is 581 g/mol. The first-order valence-corrected chi connectivity index (χ1v) is 11.3. The third kappa shape index (κ3) is 7.21. The molecule has 0 aromatic heterocycles. The predicted octanol–water partition coefficient (Wildman–Crippen LogP) is 4.37. The highest BCUT2D eigenvalue weighted by Gasteiger charge is 2.16. The second kappa shape index (κ2) is 10.5. The molecule has 0 saturated heterocycles. The molecule has 6 nitrogen and oxygen atoms in total. The summed E-state index contributed by atoms with van der Waals surface area (Å²) in [6, 6.07) is 11.1. The second-order valence-electron chi connectivity index (χ2n) is 7.60. The molecule has 30 heavy (non-hydrogen) atoms. The number of amides is 2. The minimum absolute atomic E-state index is 0.0132. The zero-order chi connectivity index (χ0) is 22.5. The third-order valence-corrected chi connectivity index (χ3v) is 6.12. The van der Waals surface area contributed by atoms with E-state index in [4.69, 9.17) is 17.0 Å². The number of ether oxygens (including phenoxy) is 1. The van der Waals surface area contributed by atoms with E-state index in [9.17, 15) is 9.59 Å². The van der Waals surface area contributed by atoms with Gasteiger partial charge in [0.1, 0.15) is 5.75 Å². The van der Waals surface area contributed by atoms with E-state index < -0.39 is 5.91 Å². The molecule has 0 aliphatic rings. The van der Waals surface area contributed by atoms with Crippen molar-refractivity contribution in [3.8, 4) is 5.75 Å². The van der Waals surface area contributed by atoms with Gasteiger partial charge in [-0.05, 0) is 98.5 Å². The van der Waals surface area contributed by atoms with Crippen LogP contribution in [0.2, 0.25) is 0 Å². The number of hydrazine groups is 1. The summed E-state index contributed by atoms with van der Waals surface area (Å²) in [6.45, 7) is 8.11. The Morgan fingerprint density at radius 2 is 1.83 bits per heavy atom. The van der Waals surface area contributed by atoms with Crippen molar-refractivity contribution >= 4 is 67.7 Å². The van der Waals surface area contributed by atoms with Gasteiger partial charge in [-0.2, -0.15) is 0 Å². The normalized spacial score (nSPS) is 10.9. The van der Waals surface area contributed by atoms with Crippen LogP contribution >= 0.6 is 50.7 Å². The van der Waals surface area contributed by atoms with E-state index in [1.54, 1.807) is 12.1 Å². The zero-order valence-electron chi connectivity index (χ0n) is 17.1. The van der Waals surface area contributed by atoms with E-state index in [-0.39, 0.29) is 23.0 Å². The predicted molar refractivity (Wildman–Crippen MR) is 134 cm³/mol. The first-order valence-electron chi connectivity index (χ1n) is 9.06. The summed E-state index contributed by atoms with van der Waals surface area (Å²) in [4.78, 5) is 24.2. The van der Waals surface area contributed by atoms with Crippen molar-refractivity contribution < 1.29 is 14.3 Å². The number of carbonyl (C=O) groups excluding carboxylic acids is 2. The van der Waals surface area contributed by atoms with Crippen molar-refractivity contribution in [1.29, 1.82) is 0 Å². The van der Waals surface area contributed by atoms with Gasteiger partial charge in [-0.15, -0.1) is 0 Å². The van der Waals surface area contributed by atoms with Gasteiger partial charge in [-0.1, -0.05) is 32.9 Å². The Morgan fingerprint density at radius 1 is 1.13 bits per heavy atom. The van der Waals surface area contributed by atoms with Gasteiger partial charge in [0.15, 0.2) is 11.7 Å². The molecule has 3 N–H and O–H groups in total. The van der Waals surface area contributed by atoms with Crippen molar-refractivity contribution in [2.24, 2.45) is 0 Å². The van der Waals surface area contributed by atoms with E-state index in [2.05, 4.69) is 75.5 Å². The lowest BCUT2D eigenvalue weighted by atomic mass is 9.87. The average Bonchev–Trinajstić information content (AvgIpc) is 2.66. The Balaban J connectivity index is 1.81. The Kier molecular flexibility index (Phi) is 8.62. The summed E-state index contributed by atoms with van der Waals surface area (Å²) in [5, 5.41) is 2.50. The summed E-state index contributed by atoms with van der Waals surface area (Å²) in [5.74, 6) is -0.245. The fourth-order valence-corrected chi connectivity index (χ4v) is 3.48. The van der Waals surface area contributed by atoms with Crippen LogP contribution in [0.5, 0.6) is 5.75 Å². The lowest BCUT2D eigenvalue weighted by Crippen LogP contribution is -2.49. The van der Waals surface area contributed by atoms with E-state index in [1.165, 1.54) is 0 Å². The number of hydrogen-bond acceptors (Lipinski definition) is 4. The monoisotopic (exact) mass is 603 g/mol. The Morgan fingerprint density at radius 3 is 2.43 bits per heavy atom. The van der Waals surface area contributed by atoms with Gasteiger partial charge >= 0.3 is 0 Å². The number of halogens is 2. The van der Waals surface area contributed by atoms with Crippen LogP contribution < -0.4 is 20.9 Å². The third-order valence-electron chi connectivity index (χ3n) is 4.13. The summed E-state index contributed by atoms with van der Waals surface area (Å²) in [7, 11) is 0. The maximum atomic E-state index is 12.2. The van der Waals surface area contributed by atoms with Crippen LogP contribution in [0.25, 0.3) is 0 Å². The number of carbonyl (C=O) groups is 2. The van der Waals surface area contributed by atoms with Crippen molar-refractivity contribution in [3.05, 3.63) is 61.1 Å². The van der Waals surface area contributed by atoms with E-state index in [0.717, 1.165) is 19.2 Å². The molecule has 0 aliphatic heterocycles. The highest BCUT2D eigenvalue weighted by atomic mass is 127. The van der Waals surface area contributed by atoms with Gasteiger partial charge in [0.2, 0.25) is 0 Å². The Bertz CT molecular complexity index is 976. The molecule has 2 aromatic carbocycles. The molecule has 9 heteroatoms. The average molecular weight is 604 g/mol. The lowest BCUT2D eigenvalue weighted by Gasteiger charge is -2.20. The number of hydrogen-bond donors (Lipinski definition) is 3. The van der Waals surface area contributed by atoms with Crippen LogP contribution in [0.3, 0.4) is 0 Å². The first-order chi connectivity index (χ1) is 14.0. The van der Waals surface area contributed by atoms with Crippen LogP contribution in [0.4, 0.5) is 0 Å². The van der Waals surface area contributed by atoms with E-state index >= 15 is 0 Å². The SMILES string of the molecule is Cc1ccc(C(=O)NC(=S)NNC(=O)COc2ccc(C(C)(C)C)cc2Br)cc1I. The summed E-state index contributed by atoms with van der Waals surface area (Å²) >= 11 is 10.7. The smallest absolute Gasteiger partial charge is 0.276 e. The van der Waals surface area contributed by atoms with Crippen molar-refractivity contribution in [2.45, 2.75) is 33.1 Å². The molecule has 0 unspecified atom stereocenters. The van der Waals surface area contributed by atoms with Crippen LogP contribution in [0.15, 0.2) is 40.9 Å². The summed E-state index contributed by atoms with van der Waals surface area (Å²) in [5.41, 5.74) is 7.62. The molecule has 2 amide bonds. The molecule has 0 fully saturated rings. The molecule has 0 radical (unpaired) electrons. The van der Waals surface area contributed by atoms with E-state index in [1.807, 2.05) is 31.2 Å². The fourth-order valence-electron chi connectivity index (χ4n) is 2.33. The molecule has 2 rings (SSSR count). The Labute approximate surface area is 203 Å². The molecule has 0 aliphatic carbocycles. The van der Waals surface area contributed by atoms with Crippen molar-refractivity contribution in [3.63, 3.8) is 0 Å². The van der Waals surface area contributed by atoms with E-state index in [0.29, 0.717) is 11.3 Å². The highest BCUT2D eigenvalue weighted by Crippen LogP contribution is 2.31. The lowest BCUT2D eigenvalue weighted by molar-refractivity contribution is -0.123. The van der Waals surface area contributed by atoms with Crippen LogP contribution in [-0.2, 0) is 10.2 Å². The largest absolute Gasteiger partial charge is 0.483 e. The number of rotatable bonds is 4. The number of thiocarbonyl (C=S) groups is 1. The molecule has 0 spiro atoms. The standard InChI is InChI=1S/C21H23BrIN3O3S/c1-12-5-6-13(9-16(12)23)19(28)24-20(30)26-25-18(27)11-29-17-8-7-14(10-15(17)22)21(2,3)4/h5-10H,11H2,1-4H3,(H,25,27)(H2,24,26,28,30). The zero-order valence-corrected chi connectivity index (χ0v) is 21.6. The van der Waals surface area contributed by atoms with Crippen LogP contribution in [-0.4, -0.2) is 23.5 Å². The van der Waals surface area contributed by atoms with Gasteiger partial charge in [-0.3, -0.25) is 25.8 Å². The van der Waals surface area contributed by atoms with Gasteiger partial charge in [0.05, 0.1) is 4.47 Å². The van der Waals surface area contributed by atoms with Crippen LogP contribution in [0.1, 0.15) is 42.3 Å². The topological polar surface area (TPSA) is 79.5 Å². The molecule has 2 aromatic rings. The first kappa shape index (κ1) is 24.5. The molecule has 160 valence electrons. The maximum Gasteiger partial charge on any atom is 0.276 e. The second-order valence-corrected chi connectivity index (χ2v) is 10.0. The quantitative estimate of drug-likeness (QED) is 0.275. The molecule has 0 bridgehead atoms. The minimum atomic E-state index is -0.441. The maximum absolute atomic E-state index is 12.2. The van der Waals surface area contributed by atoms with Gasteiger partial charge < -0.3 is 4.74 Å². The van der Waals surface area contributed by atoms with Gasteiger partial charge in [0, 0.05) is 9.13 Å². The summed E-state index contributed by atoms with van der Waals surface area (Å²) in [6.07, 6.45) is 0. The van der Waals surface area contributed by atoms with Gasteiger partial charge in [-0.25, -0.2) is 0 Å². The number of benzene rings is 2. The molecular formula is C21H23BrIN3O3S. The summed E-state index contributed by atoms with van der Waals surface area (Å²) < 4.78 is 7.29. The molecule has 0 heterocycles. The fraction of sp³-hybridized carbons (Fsp3) is 0.286. The van der Waals surface area contributed by atoms with Gasteiger partial charge in [0.25, 0.3) is 11.8 Å². The minimum Gasteiger partial charge on any atom is -0.483 e. The number of aryl methyl sites for hydroxylation is 1. The van der Waals surface area contributed by atoms with Crippen molar-refractivity contribution in [2.75, 3.05) is 6.61 Å². The highest BCUT2D eigenvalue weighted by molar-refractivity contribution is 14.1. The Hall–Kier alpha value is -1.72. The molecule has 0 atom stereocenters.